The summed E-state index contributed by atoms with van der Waals surface area (Å²) in [6, 6.07) is 7.53. The molecule has 0 heterocycles. The van der Waals surface area contributed by atoms with Crippen molar-refractivity contribution in [1.29, 1.82) is 0 Å². The van der Waals surface area contributed by atoms with Crippen LogP contribution in [0.15, 0.2) is 24.3 Å². The van der Waals surface area contributed by atoms with E-state index in [0.29, 0.717) is 19.6 Å². The summed E-state index contributed by atoms with van der Waals surface area (Å²) >= 11 is -2.94. The van der Waals surface area contributed by atoms with Gasteiger partial charge in [-0.05, 0) is 0 Å². The third-order valence-corrected chi connectivity index (χ3v) is 6.52. The summed E-state index contributed by atoms with van der Waals surface area (Å²) in [4.78, 5) is 0. The van der Waals surface area contributed by atoms with E-state index in [1.807, 2.05) is 24.3 Å². The SMILES string of the molecule is CCCC[NH-].CCCC[NH-].CCCC[NH-].[CH3][Ge]([CH3])([F])[c-]1cccc1.[Hf+4]. The number of hydrogen-bond acceptors (Lipinski definition) is 0. The van der Waals surface area contributed by atoms with Crippen molar-refractivity contribution in [1.82, 2.24) is 0 Å². The van der Waals surface area contributed by atoms with Gasteiger partial charge in [-0.2, -0.15) is 19.6 Å². The second kappa shape index (κ2) is 26.8. The minimum atomic E-state index is -2.94. The van der Waals surface area contributed by atoms with Crippen molar-refractivity contribution in [2.24, 2.45) is 0 Å². The van der Waals surface area contributed by atoms with Crippen molar-refractivity contribution in [2.45, 2.75) is 70.8 Å². The van der Waals surface area contributed by atoms with Crippen molar-refractivity contribution < 1.29 is 29.3 Å². The summed E-state index contributed by atoms with van der Waals surface area (Å²) in [5.74, 6) is 3.49. The Morgan fingerprint density at radius 3 is 1.12 bits per heavy atom. The molecule has 0 unspecified atom stereocenters. The van der Waals surface area contributed by atoms with Gasteiger partial charge < -0.3 is 17.2 Å². The van der Waals surface area contributed by atoms with Gasteiger partial charge in [-0.15, -0.1) is 0 Å². The summed E-state index contributed by atoms with van der Waals surface area (Å²) in [6.45, 7) is 8.06. The predicted molar refractivity (Wildman–Crippen MR) is 113 cm³/mol. The van der Waals surface area contributed by atoms with E-state index >= 15 is 0 Å². The minimum Gasteiger partial charge on any atom is 4.00 e. The Labute approximate surface area is 178 Å². The molecule has 6 heteroatoms. The first-order valence-corrected chi connectivity index (χ1v) is 15.2. The average molecular weight is 581 g/mol. The molecule has 25 heavy (non-hydrogen) atoms. The van der Waals surface area contributed by atoms with Crippen LogP contribution in [0.25, 0.3) is 17.2 Å². The van der Waals surface area contributed by atoms with Gasteiger partial charge in [0.25, 0.3) is 0 Å². The molecule has 1 rings (SSSR count). The minimum absolute atomic E-state index is 0. The Morgan fingerprint density at radius 1 is 0.760 bits per heavy atom. The first-order chi connectivity index (χ1) is 11.3. The zero-order valence-corrected chi connectivity index (χ0v) is 22.7. The van der Waals surface area contributed by atoms with Gasteiger partial charge >= 0.3 is 83.2 Å². The molecule has 1 aromatic carbocycles. The third kappa shape index (κ3) is 32.7. The fourth-order valence-corrected chi connectivity index (χ4v) is 3.37. The van der Waals surface area contributed by atoms with Crippen LogP contribution in [0.2, 0.25) is 11.5 Å². The summed E-state index contributed by atoms with van der Waals surface area (Å²) in [5.41, 5.74) is 19.8. The number of nitrogens with one attached hydrogen (secondary N) is 3. The standard InChI is InChI=1S/C7H10FGe.3C4H10N.Hf/c1-9(2,8)7-5-3-4-6-7;3*1-2-3-4-5;/h3-6H,1-2H3;3*5H,2-4H2,1H3;/q4*-1;+4. The van der Waals surface area contributed by atoms with Gasteiger partial charge in [-0.3, -0.25) is 0 Å². The Bertz CT molecular complexity index is 284. The molecular weight excluding hydrogens is 540 g/mol. The van der Waals surface area contributed by atoms with E-state index in [9.17, 15) is 3.50 Å². The topological polar surface area (TPSA) is 71.4 Å². The molecule has 0 saturated carbocycles. The second-order valence-electron chi connectivity index (χ2n) is 5.96. The summed E-state index contributed by atoms with van der Waals surface area (Å²) < 4.78 is 14.1. The first kappa shape index (κ1) is 33.2. The van der Waals surface area contributed by atoms with Crippen molar-refractivity contribution in [2.75, 3.05) is 19.6 Å². The van der Waals surface area contributed by atoms with Crippen LogP contribution in [0.1, 0.15) is 59.3 Å². The molecule has 0 radical (unpaired) electrons. The molecule has 0 spiro atoms. The van der Waals surface area contributed by atoms with E-state index in [-0.39, 0.29) is 25.8 Å². The molecule has 0 bridgehead atoms. The van der Waals surface area contributed by atoms with Crippen LogP contribution in [0, 0.1) is 0 Å². The molecule has 0 amide bonds. The van der Waals surface area contributed by atoms with Gasteiger partial charge in [0.2, 0.25) is 0 Å². The van der Waals surface area contributed by atoms with Gasteiger partial charge in [-0.25, -0.2) is 0 Å². The molecule has 1 aromatic rings. The number of hydrogen-bond donors (Lipinski definition) is 0. The quantitative estimate of drug-likeness (QED) is 0.240. The fourth-order valence-electron chi connectivity index (χ4n) is 1.30. The largest absolute Gasteiger partial charge is 4.00 e. The van der Waals surface area contributed by atoms with Crippen LogP contribution in [0.4, 0.5) is 3.50 Å². The molecule has 0 aliphatic rings. The van der Waals surface area contributed by atoms with Crippen molar-refractivity contribution >= 4 is 18.1 Å². The molecule has 0 saturated heterocycles. The van der Waals surface area contributed by atoms with Crippen molar-refractivity contribution in [3.8, 4) is 0 Å². The smallest absolute Gasteiger partial charge is 4.00 e. The second-order valence-corrected chi connectivity index (χ2v) is 13.3. The Morgan fingerprint density at radius 2 is 1.04 bits per heavy atom. The average Bonchev–Trinajstić information content (AvgIpc) is 3.06. The number of rotatable bonds is 7. The third-order valence-electron chi connectivity index (χ3n) is 2.94. The van der Waals surface area contributed by atoms with Crippen molar-refractivity contribution in [3.05, 3.63) is 41.5 Å². The molecule has 0 aromatic heterocycles. The maximum atomic E-state index is 13.1. The van der Waals surface area contributed by atoms with Gasteiger partial charge in [-0.1, -0.05) is 59.3 Å². The molecular formula is C19H40FGeHfN3. The summed E-state index contributed by atoms with van der Waals surface area (Å²) in [5, 5.41) is 0. The molecule has 3 N–H and O–H groups in total. The first-order valence-electron chi connectivity index (χ1n) is 9.20. The van der Waals surface area contributed by atoms with E-state index in [1.165, 1.54) is 0 Å². The predicted octanol–water partition coefficient (Wildman–Crippen LogP) is 7.30. The van der Waals surface area contributed by atoms with Gasteiger partial charge in [0, 0.05) is 0 Å². The van der Waals surface area contributed by atoms with Gasteiger partial charge in [0.15, 0.2) is 0 Å². The Kier molecular flexibility index (Phi) is 35.6. The molecule has 0 atom stereocenters. The zero-order valence-electron chi connectivity index (χ0n) is 17.1. The maximum Gasteiger partial charge on any atom is 4.00 e. The molecule has 0 fully saturated rings. The van der Waals surface area contributed by atoms with Gasteiger partial charge in [0.05, 0.1) is 0 Å². The summed E-state index contributed by atoms with van der Waals surface area (Å²) in [7, 11) is 0. The number of halogens is 1. The van der Waals surface area contributed by atoms with Crippen LogP contribution in [0.3, 0.4) is 0 Å². The maximum absolute atomic E-state index is 13.1. The van der Waals surface area contributed by atoms with E-state index in [4.69, 9.17) is 17.2 Å². The van der Waals surface area contributed by atoms with Crippen LogP contribution >= 0.6 is 0 Å². The van der Waals surface area contributed by atoms with Crippen LogP contribution < -0.4 is 4.40 Å². The summed E-state index contributed by atoms with van der Waals surface area (Å²) in [6.07, 6.45) is 6.64. The van der Waals surface area contributed by atoms with Crippen LogP contribution in [-0.4, -0.2) is 33.4 Å². The normalized spacial score (nSPS) is 9.32. The van der Waals surface area contributed by atoms with E-state index in [0.717, 1.165) is 42.9 Å². The van der Waals surface area contributed by atoms with Crippen LogP contribution in [0.5, 0.6) is 0 Å². The van der Waals surface area contributed by atoms with E-state index in [2.05, 4.69) is 20.8 Å². The fraction of sp³-hybridized carbons (Fsp3) is 0.737. The molecule has 0 aliphatic heterocycles. The van der Waals surface area contributed by atoms with Crippen LogP contribution in [-0.2, 0) is 25.8 Å². The van der Waals surface area contributed by atoms with Gasteiger partial charge in [0.1, 0.15) is 0 Å². The number of unbranched alkanes of at least 4 members (excludes halogenated alkanes) is 3. The Balaban J connectivity index is -0.000000122. The van der Waals surface area contributed by atoms with E-state index < -0.39 is 13.7 Å². The monoisotopic (exact) mass is 583 g/mol. The molecule has 0 aliphatic carbocycles. The molecule has 146 valence electrons. The zero-order chi connectivity index (χ0) is 19.3. The van der Waals surface area contributed by atoms with Crippen molar-refractivity contribution in [3.63, 3.8) is 0 Å². The molecule has 3 nitrogen and oxygen atoms in total. The van der Waals surface area contributed by atoms with E-state index in [1.54, 1.807) is 11.5 Å². The Hall–Kier alpha value is 0.573.